The maximum atomic E-state index is 12.8. The third-order valence-electron chi connectivity index (χ3n) is 6.27. The molecule has 2 aromatic heterocycles. The van der Waals surface area contributed by atoms with Gasteiger partial charge in [-0.05, 0) is 47.7 Å². The van der Waals surface area contributed by atoms with Crippen LogP contribution in [0.2, 0.25) is 0 Å². The number of hydrogen-bond acceptors (Lipinski definition) is 2. The number of rotatable bonds is 2. The molecule has 5 heteroatoms. The molecule has 2 N–H and O–H groups in total. The first kappa shape index (κ1) is 15.7. The molecule has 0 unspecified atom stereocenters. The van der Waals surface area contributed by atoms with E-state index in [-0.39, 0.29) is 11.8 Å². The molecule has 138 valence electrons. The molecule has 2 aromatic carbocycles. The highest BCUT2D eigenvalue weighted by molar-refractivity contribution is 6.12. The Bertz CT molecular complexity index is 1280. The van der Waals surface area contributed by atoms with E-state index in [1.54, 1.807) is 0 Å². The summed E-state index contributed by atoms with van der Waals surface area (Å²) in [5.74, 6) is -1.44. The van der Waals surface area contributed by atoms with Crippen LogP contribution in [0.4, 0.5) is 0 Å². The Labute approximate surface area is 161 Å². The molecule has 2 amide bonds. The van der Waals surface area contributed by atoms with Gasteiger partial charge in [-0.1, -0.05) is 24.3 Å². The summed E-state index contributed by atoms with van der Waals surface area (Å²) in [7, 11) is 0. The minimum Gasteiger partial charge on any atom is -0.361 e. The van der Waals surface area contributed by atoms with Crippen molar-refractivity contribution in [2.24, 2.45) is 0 Å². The Morgan fingerprint density at radius 1 is 1.00 bits per heavy atom. The quantitative estimate of drug-likeness (QED) is 0.530. The molecule has 1 fully saturated rings. The fourth-order valence-corrected chi connectivity index (χ4v) is 5.06. The number of aromatic nitrogens is 2. The number of carbonyl (C=O) groups excluding carboxylic acids is 2. The highest BCUT2D eigenvalue weighted by Gasteiger charge is 2.44. The molecule has 4 aromatic rings. The van der Waals surface area contributed by atoms with Crippen LogP contribution >= 0.6 is 0 Å². The van der Waals surface area contributed by atoms with Gasteiger partial charge in [0.2, 0.25) is 11.8 Å². The normalized spacial score (nSPS) is 21.6. The lowest BCUT2D eigenvalue weighted by molar-refractivity contribution is -0.125. The standard InChI is InChI=1S/C23H19N3O2/c27-22-19(15-10-13-4-3-8-26-9-7-14(11-15)21(13)26)20(23(28)25-22)17-12-24-18-6-2-1-5-16(17)18/h1-2,5-7,9-12,19-20,24H,3-4,8H2,(H,25,27,28)/t19-,20+/m1/s1. The lowest BCUT2D eigenvalue weighted by Gasteiger charge is -2.20. The fourth-order valence-electron chi connectivity index (χ4n) is 5.06. The van der Waals surface area contributed by atoms with Gasteiger partial charge >= 0.3 is 0 Å². The van der Waals surface area contributed by atoms with Crippen LogP contribution < -0.4 is 5.32 Å². The molecule has 0 radical (unpaired) electrons. The Morgan fingerprint density at radius 2 is 1.86 bits per heavy atom. The molecule has 28 heavy (non-hydrogen) atoms. The molecule has 0 saturated carbocycles. The number of imide groups is 1. The second kappa shape index (κ2) is 5.58. The Hall–Kier alpha value is -3.34. The van der Waals surface area contributed by atoms with Crippen LogP contribution in [0.15, 0.2) is 54.9 Å². The second-order valence-corrected chi connectivity index (χ2v) is 7.83. The van der Waals surface area contributed by atoms with Crippen LogP contribution in [0.1, 0.15) is 34.9 Å². The van der Waals surface area contributed by atoms with Gasteiger partial charge in [0.15, 0.2) is 0 Å². The lowest BCUT2D eigenvalue weighted by atomic mass is 9.81. The van der Waals surface area contributed by atoms with E-state index in [2.05, 4.69) is 39.3 Å². The third-order valence-corrected chi connectivity index (χ3v) is 6.27. The smallest absolute Gasteiger partial charge is 0.235 e. The minimum atomic E-state index is -0.515. The van der Waals surface area contributed by atoms with Gasteiger partial charge < -0.3 is 9.55 Å². The van der Waals surface area contributed by atoms with Gasteiger partial charge in [0.1, 0.15) is 0 Å². The minimum absolute atomic E-state index is 0.206. The van der Waals surface area contributed by atoms with Crippen molar-refractivity contribution in [3.63, 3.8) is 0 Å². The number of aromatic amines is 1. The molecule has 2 aliphatic heterocycles. The van der Waals surface area contributed by atoms with Gasteiger partial charge in [-0.2, -0.15) is 0 Å². The zero-order valence-corrected chi connectivity index (χ0v) is 15.2. The summed E-state index contributed by atoms with van der Waals surface area (Å²) in [6, 6.07) is 14.3. The van der Waals surface area contributed by atoms with E-state index in [1.807, 2.05) is 30.5 Å². The third kappa shape index (κ3) is 2.07. The Kier molecular flexibility index (Phi) is 3.13. The molecular weight excluding hydrogens is 350 g/mol. The highest BCUT2D eigenvalue weighted by Crippen LogP contribution is 2.42. The largest absolute Gasteiger partial charge is 0.361 e. The van der Waals surface area contributed by atoms with Crippen molar-refractivity contribution in [3.8, 4) is 0 Å². The van der Waals surface area contributed by atoms with Gasteiger partial charge in [-0.15, -0.1) is 0 Å². The maximum Gasteiger partial charge on any atom is 0.235 e. The number of carbonyl (C=O) groups is 2. The Balaban J connectivity index is 1.54. The molecule has 2 aliphatic rings. The average molecular weight is 369 g/mol. The zero-order valence-electron chi connectivity index (χ0n) is 15.2. The van der Waals surface area contributed by atoms with Crippen LogP contribution in [-0.4, -0.2) is 21.4 Å². The first-order chi connectivity index (χ1) is 13.7. The lowest BCUT2D eigenvalue weighted by Crippen LogP contribution is -2.21. The predicted octanol–water partition coefficient (Wildman–Crippen LogP) is 3.59. The SMILES string of the molecule is O=C1NC(=O)[C@@H](c2c[nH]c3ccccc23)[C@H]1c1cc2c3c(ccn3CCC2)c1. The summed E-state index contributed by atoms with van der Waals surface area (Å²) in [6.45, 7) is 1.04. The van der Waals surface area contributed by atoms with Crippen LogP contribution in [0, 0.1) is 0 Å². The van der Waals surface area contributed by atoms with Gasteiger partial charge in [-0.3, -0.25) is 14.9 Å². The molecule has 4 heterocycles. The maximum absolute atomic E-state index is 12.8. The molecule has 2 atom stereocenters. The van der Waals surface area contributed by atoms with Crippen LogP contribution in [0.5, 0.6) is 0 Å². The molecular formula is C23H19N3O2. The molecule has 6 rings (SSSR count). The number of hydrogen-bond donors (Lipinski definition) is 2. The van der Waals surface area contributed by atoms with E-state index in [1.165, 1.54) is 11.1 Å². The van der Waals surface area contributed by atoms with Crippen molar-refractivity contribution in [3.05, 3.63) is 71.5 Å². The highest BCUT2D eigenvalue weighted by atomic mass is 16.2. The van der Waals surface area contributed by atoms with Crippen molar-refractivity contribution < 1.29 is 9.59 Å². The summed E-state index contributed by atoms with van der Waals surface area (Å²) < 4.78 is 2.29. The topological polar surface area (TPSA) is 66.9 Å². The number of H-pyrrole nitrogens is 1. The van der Waals surface area contributed by atoms with Gasteiger partial charge in [0, 0.05) is 35.2 Å². The monoisotopic (exact) mass is 369 g/mol. The van der Waals surface area contributed by atoms with Gasteiger partial charge in [0.25, 0.3) is 0 Å². The first-order valence-corrected chi connectivity index (χ1v) is 9.73. The van der Waals surface area contributed by atoms with Crippen molar-refractivity contribution in [1.29, 1.82) is 0 Å². The average Bonchev–Trinajstić information content (AvgIpc) is 3.38. The zero-order chi connectivity index (χ0) is 18.8. The van der Waals surface area contributed by atoms with E-state index in [0.717, 1.165) is 46.8 Å². The van der Waals surface area contributed by atoms with Gasteiger partial charge in [0.05, 0.1) is 17.4 Å². The Morgan fingerprint density at radius 3 is 2.79 bits per heavy atom. The van der Waals surface area contributed by atoms with Crippen molar-refractivity contribution in [1.82, 2.24) is 14.9 Å². The van der Waals surface area contributed by atoms with E-state index >= 15 is 0 Å². The molecule has 0 bridgehead atoms. The number of nitrogens with one attached hydrogen (secondary N) is 2. The van der Waals surface area contributed by atoms with E-state index in [0.29, 0.717) is 0 Å². The molecule has 1 saturated heterocycles. The number of para-hydroxylation sites is 1. The summed E-state index contributed by atoms with van der Waals surface area (Å²) in [5, 5.41) is 4.72. The molecule has 0 aliphatic carbocycles. The van der Waals surface area contributed by atoms with Gasteiger partial charge in [-0.25, -0.2) is 0 Å². The summed E-state index contributed by atoms with van der Waals surface area (Å²) in [5.41, 5.74) is 5.33. The van der Waals surface area contributed by atoms with Crippen LogP contribution in [0.25, 0.3) is 21.8 Å². The van der Waals surface area contributed by atoms with E-state index in [9.17, 15) is 9.59 Å². The van der Waals surface area contributed by atoms with Crippen LogP contribution in [-0.2, 0) is 22.6 Å². The summed E-state index contributed by atoms with van der Waals surface area (Å²) in [4.78, 5) is 28.9. The summed E-state index contributed by atoms with van der Waals surface area (Å²) >= 11 is 0. The first-order valence-electron chi connectivity index (χ1n) is 9.73. The van der Waals surface area contributed by atoms with E-state index in [4.69, 9.17) is 0 Å². The number of benzene rings is 2. The number of aryl methyl sites for hydroxylation is 2. The number of fused-ring (bicyclic) bond motifs is 1. The predicted molar refractivity (Wildman–Crippen MR) is 107 cm³/mol. The number of amides is 2. The second-order valence-electron chi connectivity index (χ2n) is 7.83. The molecule has 0 spiro atoms. The number of nitrogens with zero attached hydrogens (tertiary/aromatic N) is 1. The van der Waals surface area contributed by atoms with E-state index < -0.39 is 11.8 Å². The van der Waals surface area contributed by atoms with Crippen molar-refractivity contribution >= 4 is 33.6 Å². The molecule has 5 nitrogen and oxygen atoms in total. The van der Waals surface area contributed by atoms with Crippen LogP contribution in [0.3, 0.4) is 0 Å². The van der Waals surface area contributed by atoms with Crippen molar-refractivity contribution in [2.75, 3.05) is 0 Å². The van der Waals surface area contributed by atoms with Crippen molar-refractivity contribution in [2.45, 2.75) is 31.2 Å². The fraction of sp³-hybridized carbons (Fsp3) is 0.217. The summed E-state index contributed by atoms with van der Waals surface area (Å²) in [6.07, 6.45) is 6.10.